The van der Waals surface area contributed by atoms with Crippen molar-refractivity contribution in [1.29, 1.82) is 0 Å². The zero-order valence-corrected chi connectivity index (χ0v) is 15.3. The van der Waals surface area contributed by atoms with Gasteiger partial charge in [0.05, 0.1) is 24.9 Å². The molecule has 1 saturated carbocycles. The summed E-state index contributed by atoms with van der Waals surface area (Å²) < 4.78 is 5.38. The Balaban J connectivity index is 1.46. The molecule has 0 radical (unpaired) electrons. The number of hydrogen-bond donors (Lipinski definition) is 1. The summed E-state index contributed by atoms with van der Waals surface area (Å²) in [6.07, 6.45) is 4.36. The van der Waals surface area contributed by atoms with Gasteiger partial charge in [-0.3, -0.25) is 14.6 Å². The molecule has 0 atom stereocenters. The lowest BCUT2D eigenvalue weighted by atomic mass is 10.1. The lowest BCUT2D eigenvalue weighted by Gasteiger charge is -2.14. The summed E-state index contributed by atoms with van der Waals surface area (Å²) >= 11 is 0. The molecule has 2 amide bonds. The van der Waals surface area contributed by atoms with Crippen LogP contribution in [0.4, 0.5) is 0 Å². The molecule has 3 heterocycles. The number of fused-ring (bicyclic) bond motifs is 1. The molecule has 0 unspecified atom stereocenters. The van der Waals surface area contributed by atoms with Crippen LogP contribution in [0.3, 0.4) is 0 Å². The summed E-state index contributed by atoms with van der Waals surface area (Å²) in [4.78, 5) is 35.3. The largest absolute Gasteiger partial charge is 0.481 e. The fourth-order valence-corrected chi connectivity index (χ4v) is 3.25. The SMILES string of the molecule is COc1nc2c(cc1CNC(=O)C1CC1)C(=O)N(CCc1ccccn1)C2. The standard InChI is InChI=1S/C20H22N4O3/c1-27-19-14(11-22-18(25)13-5-6-13)10-16-17(23-19)12-24(20(16)26)9-7-15-4-2-3-8-21-15/h2-4,8,10,13H,5-7,9,11-12H2,1H3,(H,22,25). The molecule has 2 aromatic heterocycles. The van der Waals surface area contributed by atoms with Gasteiger partial charge < -0.3 is 15.0 Å². The number of carbonyl (C=O) groups is 2. The van der Waals surface area contributed by atoms with Crippen LogP contribution in [0.2, 0.25) is 0 Å². The second-order valence-electron chi connectivity index (χ2n) is 6.94. The molecule has 1 N–H and O–H groups in total. The minimum Gasteiger partial charge on any atom is -0.481 e. The summed E-state index contributed by atoms with van der Waals surface area (Å²) in [6, 6.07) is 7.57. The molecule has 1 aliphatic heterocycles. The van der Waals surface area contributed by atoms with Crippen molar-refractivity contribution in [2.75, 3.05) is 13.7 Å². The first-order valence-corrected chi connectivity index (χ1v) is 9.19. The number of amides is 2. The van der Waals surface area contributed by atoms with Crippen molar-refractivity contribution in [3.63, 3.8) is 0 Å². The van der Waals surface area contributed by atoms with Crippen LogP contribution in [0.1, 0.15) is 40.2 Å². The van der Waals surface area contributed by atoms with Crippen LogP contribution in [0.25, 0.3) is 0 Å². The highest BCUT2D eigenvalue weighted by atomic mass is 16.5. The van der Waals surface area contributed by atoms with E-state index in [0.29, 0.717) is 37.5 Å². The lowest BCUT2D eigenvalue weighted by Crippen LogP contribution is -2.26. The average Bonchev–Trinajstić information content (AvgIpc) is 3.50. The number of hydrogen-bond acceptors (Lipinski definition) is 5. The molecule has 1 fully saturated rings. The predicted molar refractivity (Wildman–Crippen MR) is 98.0 cm³/mol. The Morgan fingerprint density at radius 2 is 2.22 bits per heavy atom. The van der Waals surface area contributed by atoms with Gasteiger partial charge in [-0.15, -0.1) is 0 Å². The highest BCUT2D eigenvalue weighted by Crippen LogP contribution is 2.30. The first kappa shape index (κ1) is 17.5. The molecule has 4 rings (SSSR count). The molecule has 7 heteroatoms. The Morgan fingerprint density at radius 3 is 2.93 bits per heavy atom. The number of carbonyl (C=O) groups excluding carboxylic acids is 2. The van der Waals surface area contributed by atoms with Gasteiger partial charge >= 0.3 is 0 Å². The van der Waals surface area contributed by atoms with Crippen LogP contribution in [0.15, 0.2) is 30.5 Å². The number of ether oxygens (including phenoxy) is 1. The second kappa shape index (κ2) is 7.34. The monoisotopic (exact) mass is 366 g/mol. The third-order valence-electron chi connectivity index (χ3n) is 4.96. The maximum atomic E-state index is 12.8. The smallest absolute Gasteiger partial charge is 0.256 e. The minimum atomic E-state index is -0.0362. The van der Waals surface area contributed by atoms with E-state index in [0.717, 1.165) is 29.8 Å². The van der Waals surface area contributed by atoms with Crippen LogP contribution in [-0.4, -0.2) is 40.3 Å². The van der Waals surface area contributed by atoms with Crippen LogP contribution in [0, 0.1) is 5.92 Å². The number of nitrogens with one attached hydrogen (secondary N) is 1. The van der Waals surface area contributed by atoms with E-state index in [1.807, 2.05) is 18.2 Å². The molecule has 2 aliphatic rings. The minimum absolute atomic E-state index is 0.0362. The topological polar surface area (TPSA) is 84.4 Å². The molecular weight excluding hydrogens is 344 g/mol. The number of nitrogens with zero attached hydrogens (tertiary/aromatic N) is 3. The van der Waals surface area contributed by atoms with Crippen LogP contribution in [0.5, 0.6) is 5.88 Å². The van der Waals surface area contributed by atoms with E-state index < -0.39 is 0 Å². The molecule has 0 aromatic carbocycles. The van der Waals surface area contributed by atoms with E-state index in [9.17, 15) is 9.59 Å². The molecule has 7 nitrogen and oxygen atoms in total. The van der Waals surface area contributed by atoms with E-state index in [1.165, 1.54) is 0 Å². The normalized spacial score (nSPS) is 15.6. The Morgan fingerprint density at radius 1 is 1.37 bits per heavy atom. The maximum absolute atomic E-state index is 12.8. The number of pyridine rings is 2. The summed E-state index contributed by atoms with van der Waals surface area (Å²) in [5.41, 5.74) is 2.99. The first-order chi connectivity index (χ1) is 13.2. The molecule has 0 saturated heterocycles. The molecular formula is C20H22N4O3. The van der Waals surface area contributed by atoms with Gasteiger partial charge in [-0.2, -0.15) is 0 Å². The quantitative estimate of drug-likeness (QED) is 0.806. The fourth-order valence-electron chi connectivity index (χ4n) is 3.25. The van der Waals surface area contributed by atoms with Gasteiger partial charge in [-0.05, 0) is 31.0 Å². The predicted octanol–water partition coefficient (Wildman–Crippen LogP) is 1.71. The zero-order valence-electron chi connectivity index (χ0n) is 15.3. The van der Waals surface area contributed by atoms with Crippen molar-refractivity contribution in [3.05, 3.63) is 53.0 Å². The van der Waals surface area contributed by atoms with Crippen LogP contribution < -0.4 is 10.1 Å². The van der Waals surface area contributed by atoms with E-state index in [-0.39, 0.29) is 17.7 Å². The summed E-state index contributed by atoms with van der Waals surface area (Å²) in [5.74, 6) is 0.623. The van der Waals surface area contributed by atoms with Gasteiger partial charge in [0.1, 0.15) is 0 Å². The molecule has 140 valence electrons. The van der Waals surface area contributed by atoms with Gasteiger partial charge in [0.2, 0.25) is 11.8 Å². The van der Waals surface area contributed by atoms with Gasteiger partial charge in [0, 0.05) is 42.9 Å². The van der Waals surface area contributed by atoms with E-state index >= 15 is 0 Å². The summed E-state index contributed by atoms with van der Waals surface area (Å²) in [5, 5.41) is 2.91. The highest BCUT2D eigenvalue weighted by Gasteiger charge is 2.32. The molecule has 0 spiro atoms. The van der Waals surface area contributed by atoms with Gasteiger partial charge in [0.15, 0.2) is 0 Å². The van der Waals surface area contributed by atoms with Crippen molar-refractivity contribution >= 4 is 11.8 Å². The van der Waals surface area contributed by atoms with Crippen LogP contribution in [-0.2, 0) is 24.3 Å². The van der Waals surface area contributed by atoms with E-state index in [4.69, 9.17) is 4.74 Å². The Kier molecular flexibility index (Phi) is 4.75. The van der Waals surface area contributed by atoms with E-state index in [1.54, 1.807) is 24.3 Å². The number of methoxy groups -OCH3 is 1. The fraction of sp³-hybridized carbons (Fsp3) is 0.400. The van der Waals surface area contributed by atoms with Gasteiger partial charge in [0.25, 0.3) is 5.91 Å². The van der Waals surface area contributed by atoms with Crippen molar-refractivity contribution in [2.24, 2.45) is 5.92 Å². The van der Waals surface area contributed by atoms with Gasteiger partial charge in [-0.25, -0.2) is 4.98 Å². The number of rotatable bonds is 7. The molecule has 2 aromatic rings. The molecule has 0 bridgehead atoms. The second-order valence-corrected chi connectivity index (χ2v) is 6.94. The van der Waals surface area contributed by atoms with Crippen molar-refractivity contribution in [3.8, 4) is 5.88 Å². The molecule has 27 heavy (non-hydrogen) atoms. The summed E-state index contributed by atoms with van der Waals surface area (Å²) in [7, 11) is 1.55. The molecule has 1 aliphatic carbocycles. The first-order valence-electron chi connectivity index (χ1n) is 9.19. The zero-order chi connectivity index (χ0) is 18.8. The highest BCUT2D eigenvalue weighted by molar-refractivity contribution is 5.98. The third-order valence-corrected chi connectivity index (χ3v) is 4.96. The maximum Gasteiger partial charge on any atom is 0.256 e. The Labute approximate surface area is 157 Å². The average molecular weight is 366 g/mol. The van der Waals surface area contributed by atoms with Gasteiger partial charge in [-0.1, -0.05) is 6.07 Å². The van der Waals surface area contributed by atoms with E-state index in [2.05, 4.69) is 15.3 Å². The van der Waals surface area contributed by atoms with Crippen molar-refractivity contribution in [2.45, 2.75) is 32.4 Å². The van der Waals surface area contributed by atoms with Crippen molar-refractivity contribution < 1.29 is 14.3 Å². The third kappa shape index (κ3) is 3.77. The Hall–Kier alpha value is -2.96. The van der Waals surface area contributed by atoms with Crippen LogP contribution >= 0.6 is 0 Å². The lowest BCUT2D eigenvalue weighted by molar-refractivity contribution is -0.122. The summed E-state index contributed by atoms with van der Waals surface area (Å²) in [6.45, 7) is 1.37. The number of aromatic nitrogens is 2. The van der Waals surface area contributed by atoms with Crippen molar-refractivity contribution in [1.82, 2.24) is 20.2 Å². The Bertz CT molecular complexity index is 865.